The van der Waals surface area contributed by atoms with Crippen molar-refractivity contribution in [1.29, 1.82) is 0 Å². The molecule has 1 saturated heterocycles. The number of rotatable bonds is 8. The maximum absolute atomic E-state index is 12.5. The Bertz CT molecular complexity index is 771. The number of carbonyl (C=O) groups excluding carboxylic acids is 1. The molecular weight excluding hydrogens is 448 g/mol. The molecule has 0 bridgehead atoms. The highest BCUT2D eigenvalue weighted by Crippen LogP contribution is 2.37. The van der Waals surface area contributed by atoms with Crippen molar-refractivity contribution in [3.63, 3.8) is 0 Å². The van der Waals surface area contributed by atoms with E-state index in [9.17, 15) is 25.2 Å². The number of allylic oxidation sites excluding steroid dienone is 2. The van der Waals surface area contributed by atoms with E-state index in [0.29, 0.717) is 25.7 Å². The monoisotopic (exact) mass is 494 g/mol. The Balaban J connectivity index is 2.07. The number of aliphatic hydroxyl groups is 4. The molecule has 0 saturated carbocycles. The van der Waals surface area contributed by atoms with Gasteiger partial charge in [0.1, 0.15) is 6.10 Å². The Morgan fingerprint density at radius 3 is 2.60 bits per heavy atom. The number of hydrogen-bond acceptors (Lipinski definition) is 7. The zero-order valence-corrected chi connectivity index (χ0v) is 22.1. The molecule has 10 atom stereocenters. The van der Waals surface area contributed by atoms with Gasteiger partial charge in [0.2, 0.25) is 0 Å². The molecule has 1 fully saturated rings. The zero-order valence-electron chi connectivity index (χ0n) is 22.1. The molecule has 0 aromatic rings. The molecule has 0 aromatic carbocycles. The molecule has 4 N–H and O–H groups in total. The zero-order chi connectivity index (χ0) is 26.3. The smallest absolute Gasteiger partial charge is 0.309 e. The van der Waals surface area contributed by atoms with Gasteiger partial charge in [-0.2, -0.15) is 0 Å². The van der Waals surface area contributed by atoms with E-state index < -0.39 is 36.0 Å². The van der Waals surface area contributed by atoms with E-state index in [2.05, 4.69) is 0 Å². The van der Waals surface area contributed by atoms with Gasteiger partial charge in [-0.1, -0.05) is 58.1 Å². The third-order valence-corrected chi connectivity index (χ3v) is 7.33. The minimum absolute atomic E-state index is 0.0212. The first-order chi connectivity index (χ1) is 16.3. The van der Waals surface area contributed by atoms with Crippen LogP contribution in [-0.4, -0.2) is 68.6 Å². The fourth-order valence-corrected chi connectivity index (χ4v) is 4.66. The van der Waals surface area contributed by atoms with Crippen molar-refractivity contribution in [3.8, 4) is 0 Å². The summed E-state index contributed by atoms with van der Waals surface area (Å²) in [6, 6.07) is 0. The number of cyclic esters (lactones) is 1. The average molecular weight is 495 g/mol. The van der Waals surface area contributed by atoms with Crippen LogP contribution in [0, 0.1) is 17.8 Å². The lowest BCUT2D eigenvalue weighted by atomic mass is 9.91. The molecule has 7 heteroatoms. The van der Waals surface area contributed by atoms with Crippen molar-refractivity contribution in [3.05, 3.63) is 36.0 Å². The average Bonchev–Trinajstić information content (AvgIpc) is 3.55. The first-order valence-corrected chi connectivity index (χ1v) is 13.0. The number of epoxide rings is 1. The van der Waals surface area contributed by atoms with Crippen molar-refractivity contribution < 1.29 is 34.7 Å². The highest BCUT2D eigenvalue weighted by molar-refractivity contribution is 5.70. The molecule has 0 amide bonds. The fraction of sp³-hybridized carbons (Fsp3) is 0.750. The van der Waals surface area contributed by atoms with Crippen LogP contribution in [-0.2, 0) is 14.3 Å². The number of esters is 1. The Hall–Kier alpha value is -1.51. The summed E-state index contributed by atoms with van der Waals surface area (Å²) in [5.41, 5.74) is -0.302. The number of aliphatic hydroxyl groups excluding tert-OH is 3. The van der Waals surface area contributed by atoms with Gasteiger partial charge in [-0.15, -0.1) is 0 Å². The van der Waals surface area contributed by atoms with Crippen LogP contribution in [0.5, 0.6) is 0 Å². The lowest BCUT2D eigenvalue weighted by Gasteiger charge is -2.26. The predicted molar refractivity (Wildman–Crippen MR) is 135 cm³/mol. The van der Waals surface area contributed by atoms with E-state index >= 15 is 0 Å². The van der Waals surface area contributed by atoms with Crippen LogP contribution in [0.3, 0.4) is 0 Å². The van der Waals surface area contributed by atoms with Crippen molar-refractivity contribution in [2.24, 2.45) is 17.8 Å². The van der Waals surface area contributed by atoms with Gasteiger partial charge in [0, 0.05) is 18.3 Å². The Labute approximate surface area is 210 Å². The Kier molecular flexibility index (Phi) is 11.2. The summed E-state index contributed by atoms with van der Waals surface area (Å²) in [5, 5.41) is 41.4. The minimum atomic E-state index is -1.09. The normalized spacial score (nSPS) is 37.5. The molecule has 0 radical (unpaired) electrons. The first kappa shape index (κ1) is 29.7. The van der Waals surface area contributed by atoms with Crippen molar-refractivity contribution in [2.75, 3.05) is 0 Å². The van der Waals surface area contributed by atoms with Crippen LogP contribution < -0.4 is 0 Å². The largest absolute Gasteiger partial charge is 0.457 e. The van der Waals surface area contributed by atoms with E-state index in [1.165, 1.54) is 0 Å². The van der Waals surface area contributed by atoms with Gasteiger partial charge >= 0.3 is 5.97 Å². The van der Waals surface area contributed by atoms with E-state index in [0.717, 1.165) is 5.57 Å². The van der Waals surface area contributed by atoms with Crippen LogP contribution in [0.25, 0.3) is 0 Å². The Morgan fingerprint density at radius 1 is 1.26 bits per heavy atom. The second-order valence-electron chi connectivity index (χ2n) is 10.9. The van der Waals surface area contributed by atoms with Gasteiger partial charge in [-0.25, -0.2) is 0 Å². The second kappa shape index (κ2) is 13.2. The lowest BCUT2D eigenvalue weighted by Crippen LogP contribution is -2.29. The third kappa shape index (κ3) is 9.47. The van der Waals surface area contributed by atoms with Crippen molar-refractivity contribution >= 4 is 5.97 Å². The van der Waals surface area contributed by atoms with Gasteiger partial charge in [0.15, 0.2) is 0 Å². The number of ether oxygens (including phenoxy) is 2. The molecular formula is C28H46O7. The third-order valence-electron chi connectivity index (χ3n) is 7.33. The summed E-state index contributed by atoms with van der Waals surface area (Å²) in [5.74, 6) is -0.639. The molecule has 35 heavy (non-hydrogen) atoms. The Morgan fingerprint density at radius 2 is 1.94 bits per heavy atom. The van der Waals surface area contributed by atoms with Crippen molar-refractivity contribution in [1.82, 2.24) is 0 Å². The summed E-state index contributed by atoms with van der Waals surface area (Å²) < 4.78 is 11.4. The SMILES string of the molecule is CCC(O)C(C)C1OC1CC(C)(O)/C=C/C=C(\C)C1OC(=O)CC(O)CCC(C)C(O)/C=C/C1C. The quantitative estimate of drug-likeness (QED) is 0.177. The lowest BCUT2D eigenvalue weighted by molar-refractivity contribution is -0.151. The molecule has 2 aliphatic heterocycles. The van der Waals surface area contributed by atoms with Crippen LogP contribution in [0.1, 0.15) is 73.6 Å². The highest BCUT2D eigenvalue weighted by Gasteiger charge is 2.47. The van der Waals surface area contributed by atoms with E-state index in [1.54, 1.807) is 25.2 Å². The molecule has 0 aromatic heterocycles. The number of carbonyl (C=O) groups is 1. The first-order valence-electron chi connectivity index (χ1n) is 13.0. The molecule has 0 aliphatic carbocycles. The number of hydrogen-bond donors (Lipinski definition) is 4. The molecule has 2 aliphatic rings. The summed E-state index contributed by atoms with van der Waals surface area (Å²) in [7, 11) is 0. The molecule has 200 valence electrons. The van der Waals surface area contributed by atoms with Crippen LogP contribution >= 0.6 is 0 Å². The summed E-state index contributed by atoms with van der Waals surface area (Å²) >= 11 is 0. The van der Waals surface area contributed by atoms with Gasteiger partial charge in [-0.05, 0) is 44.6 Å². The summed E-state index contributed by atoms with van der Waals surface area (Å²) in [4.78, 5) is 12.5. The van der Waals surface area contributed by atoms with Crippen LogP contribution in [0.15, 0.2) is 36.0 Å². The van der Waals surface area contributed by atoms with Gasteiger partial charge in [-0.3, -0.25) is 4.79 Å². The van der Waals surface area contributed by atoms with E-state index in [4.69, 9.17) is 9.47 Å². The topological polar surface area (TPSA) is 120 Å². The van der Waals surface area contributed by atoms with Crippen LogP contribution in [0.4, 0.5) is 0 Å². The fourth-order valence-electron chi connectivity index (χ4n) is 4.66. The molecule has 2 heterocycles. The standard InChI is InChI=1S/C28H46O7/c1-7-22(30)20(5)27-24(34-27)16-28(6,33)14-8-9-18(3)26-19(4)11-13-23(31)17(2)10-12-21(29)15-25(32)35-26/h8-9,11,13-14,17,19-24,26-27,29-31,33H,7,10,12,15-16H2,1-6H3/b13-11+,14-8+,18-9+. The van der Waals surface area contributed by atoms with Crippen LogP contribution in [0.2, 0.25) is 0 Å². The summed E-state index contributed by atoms with van der Waals surface area (Å²) in [6.45, 7) is 11.3. The van der Waals surface area contributed by atoms with Gasteiger partial charge < -0.3 is 29.9 Å². The molecule has 7 nitrogen and oxygen atoms in total. The minimum Gasteiger partial charge on any atom is -0.457 e. The summed E-state index contributed by atoms with van der Waals surface area (Å²) in [6.07, 6.45) is 8.39. The molecule has 2 rings (SSSR count). The van der Waals surface area contributed by atoms with E-state index in [-0.39, 0.29) is 36.4 Å². The van der Waals surface area contributed by atoms with E-state index in [1.807, 2.05) is 46.8 Å². The van der Waals surface area contributed by atoms with Gasteiger partial charge in [0.25, 0.3) is 0 Å². The van der Waals surface area contributed by atoms with Gasteiger partial charge in [0.05, 0.1) is 42.5 Å². The molecule has 10 unspecified atom stereocenters. The highest BCUT2D eigenvalue weighted by atomic mass is 16.6. The maximum Gasteiger partial charge on any atom is 0.309 e. The molecule has 0 spiro atoms. The maximum atomic E-state index is 12.5. The predicted octanol–water partition coefficient (Wildman–Crippen LogP) is 3.45. The second-order valence-corrected chi connectivity index (χ2v) is 10.9. The van der Waals surface area contributed by atoms with Crippen molar-refractivity contribution in [2.45, 2.75) is 116 Å².